The van der Waals surface area contributed by atoms with Gasteiger partial charge in [-0.3, -0.25) is 9.59 Å². The van der Waals surface area contributed by atoms with Crippen LogP contribution in [0.3, 0.4) is 0 Å². The van der Waals surface area contributed by atoms with Gasteiger partial charge in [0.15, 0.2) is 0 Å². The third-order valence-electron chi connectivity index (χ3n) is 2.87. The summed E-state index contributed by atoms with van der Waals surface area (Å²) in [4.78, 5) is 23.5. The minimum absolute atomic E-state index is 0.233. The predicted octanol–water partition coefficient (Wildman–Crippen LogP) is 3.10. The summed E-state index contributed by atoms with van der Waals surface area (Å²) >= 11 is 0. The lowest BCUT2D eigenvalue weighted by Gasteiger charge is -2.03. The number of para-hydroxylation sites is 1. The second-order valence-electron chi connectivity index (χ2n) is 4.58. The lowest BCUT2D eigenvalue weighted by atomic mass is 10.1. The average Bonchev–Trinajstić information content (AvgIpc) is 2.48. The van der Waals surface area contributed by atoms with E-state index in [4.69, 9.17) is 0 Å². The molecule has 0 bridgehead atoms. The first kappa shape index (κ1) is 14.5. The Morgan fingerprint density at radius 1 is 1.00 bits per heavy atom. The fourth-order valence-corrected chi connectivity index (χ4v) is 1.71. The molecule has 0 aromatic heterocycles. The SMILES string of the molecule is Cc1ccc(/C(O)=C/C(=O)C(=O)Nc2ccccc2)cc1. The number of hydrogen-bond acceptors (Lipinski definition) is 3. The van der Waals surface area contributed by atoms with Crippen molar-refractivity contribution in [2.24, 2.45) is 0 Å². The number of anilines is 1. The van der Waals surface area contributed by atoms with Gasteiger partial charge in [0.1, 0.15) is 5.76 Å². The molecule has 0 fully saturated rings. The summed E-state index contributed by atoms with van der Waals surface area (Å²) in [5, 5.41) is 12.3. The van der Waals surface area contributed by atoms with Crippen LogP contribution in [0.25, 0.3) is 5.76 Å². The topological polar surface area (TPSA) is 66.4 Å². The van der Waals surface area contributed by atoms with Crippen molar-refractivity contribution < 1.29 is 14.7 Å². The van der Waals surface area contributed by atoms with Gasteiger partial charge in [0, 0.05) is 17.3 Å². The molecule has 0 saturated carbocycles. The van der Waals surface area contributed by atoms with E-state index >= 15 is 0 Å². The van der Waals surface area contributed by atoms with Crippen molar-refractivity contribution in [2.75, 3.05) is 5.32 Å². The number of aliphatic hydroxyl groups excluding tert-OH is 1. The van der Waals surface area contributed by atoms with Crippen LogP contribution in [0.4, 0.5) is 5.69 Å². The quantitative estimate of drug-likeness (QED) is 0.514. The summed E-state index contributed by atoms with van der Waals surface area (Å²) in [5.74, 6) is -1.83. The van der Waals surface area contributed by atoms with Crippen LogP contribution in [0, 0.1) is 6.92 Å². The van der Waals surface area contributed by atoms with E-state index in [1.807, 2.05) is 19.1 Å². The number of carbonyl (C=O) groups is 2. The van der Waals surface area contributed by atoms with Crippen LogP contribution >= 0.6 is 0 Å². The highest BCUT2D eigenvalue weighted by atomic mass is 16.3. The van der Waals surface area contributed by atoms with Crippen molar-refractivity contribution in [3.63, 3.8) is 0 Å². The molecule has 21 heavy (non-hydrogen) atoms. The fraction of sp³-hybridized carbons (Fsp3) is 0.0588. The van der Waals surface area contributed by atoms with E-state index in [9.17, 15) is 14.7 Å². The molecule has 0 spiro atoms. The molecule has 0 saturated heterocycles. The monoisotopic (exact) mass is 281 g/mol. The van der Waals surface area contributed by atoms with Gasteiger partial charge in [-0.1, -0.05) is 48.0 Å². The zero-order valence-electron chi connectivity index (χ0n) is 11.5. The Balaban J connectivity index is 2.07. The van der Waals surface area contributed by atoms with Gasteiger partial charge in [-0.25, -0.2) is 0 Å². The third kappa shape index (κ3) is 4.04. The zero-order chi connectivity index (χ0) is 15.2. The van der Waals surface area contributed by atoms with Gasteiger partial charge in [-0.15, -0.1) is 0 Å². The normalized spacial score (nSPS) is 11.0. The van der Waals surface area contributed by atoms with Gasteiger partial charge < -0.3 is 10.4 Å². The Morgan fingerprint density at radius 3 is 2.24 bits per heavy atom. The van der Waals surface area contributed by atoms with E-state index in [1.165, 1.54) is 0 Å². The fourth-order valence-electron chi connectivity index (χ4n) is 1.71. The van der Waals surface area contributed by atoms with Crippen molar-refractivity contribution in [2.45, 2.75) is 6.92 Å². The Bertz CT molecular complexity index is 673. The number of amides is 1. The lowest BCUT2D eigenvalue weighted by molar-refractivity contribution is -0.131. The van der Waals surface area contributed by atoms with E-state index in [0.717, 1.165) is 11.6 Å². The van der Waals surface area contributed by atoms with Crippen LogP contribution in [0.15, 0.2) is 60.7 Å². The minimum atomic E-state index is -0.808. The van der Waals surface area contributed by atoms with Gasteiger partial charge in [0.2, 0.25) is 5.78 Å². The molecule has 2 N–H and O–H groups in total. The maximum absolute atomic E-state index is 11.7. The first-order valence-electron chi connectivity index (χ1n) is 6.44. The zero-order valence-corrected chi connectivity index (χ0v) is 11.5. The molecule has 2 aromatic carbocycles. The molecule has 4 nitrogen and oxygen atoms in total. The van der Waals surface area contributed by atoms with E-state index in [-0.39, 0.29) is 5.76 Å². The highest BCUT2D eigenvalue weighted by Crippen LogP contribution is 2.12. The maximum Gasteiger partial charge on any atom is 0.296 e. The molecule has 2 rings (SSSR count). The van der Waals surface area contributed by atoms with Crippen molar-refractivity contribution in [1.82, 2.24) is 0 Å². The second-order valence-corrected chi connectivity index (χ2v) is 4.58. The summed E-state index contributed by atoms with van der Waals surface area (Å²) < 4.78 is 0. The van der Waals surface area contributed by atoms with Crippen molar-refractivity contribution in [1.29, 1.82) is 0 Å². The molecule has 0 heterocycles. The molecule has 0 atom stereocenters. The van der Waals surface area contributed by atoms with E-state index in [1.54, 1.807) is 42.5 Å². The van der Waals surface area contributed by atoms with Crippen molar-refractivity contribution >= 4 is 23.1 Å². The van der Waals surface area contributed by atoms with Crippen LogP contribution in [0.1, 0.15) is 11.1 Å². The molecule has 106 valence electrons. The summed E-state index contributed by atoms with van der Waals surface area (Å²) in [5.41, 5.74) is 2.06. The summed E-state index contributed by atoms with van der Waals surface area (Å²) in [6, 6.07) is 15.7. The number of aryl methyl sites for hydroxylation is 1. The molecule has 0 aliphatic heterocycles. The molecule has 0 aliphatic carbocycles. The third-order valence-corrected chi connectivity index (χ3v) is 2.87. The molecule has 0 unspecified atom stereocenters. The van der Waals surface area contributed by atoms with Gasteiger partial charge in [0.25, 0.3) is 5.91 Å². The van der Waals surface area contributed by atoms with Gasteiger partial charge in [-0.05, 0) is 19.1 Å². The van der Waals surface area contributed by atoms with Crippen molar-refractivity contribution in [3.05, 3.63) is 71.8 Å². The molecular formula is C17H15NO3. The minimum Gasteiger partial charge on any atom is -0.507 e. The van der Waals surface area contributed by atoms with Crippen LogP contribution in [-0.2, 0) is 9.59 Å². The summed E-state index contributed by atoms with van der Waals surface area (Å²) in [7, 11) is 0. The first-order valence-corrected chi connectivity index (χ1v) is 6.44. The van der Waals surface area contributed by atoms with Crippen LogP contribution in [-0.4, -0.2) is 16.8 Å². The van der Waals surface area contributed by atoms with Gasteiger partial charge in [0.05, 0.1) is 0 Å². The molecule has 4 heteroatoms. The van der Waals surface area contributed by atoms with Gasteiger partial charge >= 0.3 is 0 Å². The Hall–Kier alpha value is -2.88. The number of hydrogen-bond donors (Lipinski definition) is 2. The van der Waals surface area contributed by atoms with Crippen molar-refractivity contribution in [3.8, 4) is 0 Å². The smallest absolute Gasteiger partial charge is 0.296 e. The number of ketones is 1. The van der Waals surface area contributed by atoms with E-state index in [2.05, 4.69) is 5.32 Å². The summed E-state index contributed by atoms with van der Waals surface area (Å²) in [6.07, 6.45) is 0.920. The highest BCUT2D eigenvalue weighted by Gasteiger charge is 2.13. The lowest BCUT2D eigenvalue weighted by Crippen LogP contribution is -2.21. The number of rotatable bonds is 4. The average molecular weight is 281 g/mol. The molecule has 0 radical (unpaired) electrons. The van der Waals surface area contributed by atoms with Crippen LogP contribution in [0.5, 0.6) is 0 Å². The molecule has 0 aliphatic rings. The van der Waals surface area contributed by atoms with E-state index < -0.39 is 11.7 Å². The van der Waals surface area contributed by atoms with Gasteiger partial charge in [-0.2, -0.15) is 0 Å². The number of carbonyl (C=O) groups excluding carboxylic acids is 2. The second kappa shape index (κ2) is 6.52. The van der Waals surface area contributed by atoms with E-state index in [0.29, 0.717) is 11.3 Å². The number of nitrogens with one attached hydrogen (secondary N) is 1. The van der Waals surface area contributed by atoms with Crippen LogP contribution < -0.4 is 5.32 Å². The summed E-state index contributed by atoms with van der Waals surface area (Å²) in [6.45, 7) is 1.92. The highest BCUT2D eigenvalue weighted by molar-refractivity contribution is 6.45. The van der Waals surface area contributed by atoms with Crippen LogP contribution in [0.2, 0.25) is 0 Å². The molecule has 2 aromatic rings. The largest absolute Gasteiger partial charge is 0.507 e. The Labute approximate surface area is 122 Å². The molecule has 1 amide bonds. The first-order chi connectivity index (χ1) is 10.1. The Morgan fingerprint density at radius 2 is 1.62 bits per heavy atom. The maximum atomic E-state index is 11.7. The molecular weight excluding hydrogens is 266 g/mol. The number of aliphatic hydroxyl groups is 1. The predicted molar refractivity (Wildman–Crippen MR) is 81.9 cm³/mol. The standard InChI is InChI=1S/C17H15NO3/c1-12-7-9-13(10-8-12)15(19)11-16(20)17(21)18-14-5-3-2-4-6-14/h2-11,19H,1H3,(H,18,21)/b15-11-. The number of benzene rings is 2. The Kier molecular flexibility index (Phi) is 4.51.